The molecular formula is C16H17ClFN5O2S. The highest BCUT2D eigenvalue weighted by molar-refractivity contribution is 7.91. The van der Waals surface area contributed by atoms with Gasteiger partial charge in [-0.15, -0.1) is 5.10 Å². The Morgan fingerprint density at radius 3 is 2.62 bits per heavy atom. The monoisotopic (exact) mass is 397 g/mol. The average Bonchev–Trinajstić information content (AvgIpc) is 2.97. The molecule has 0 bridgehead atoms. The maximum absolute atomic E-state index is 13.4. The summed E-state index contributed by atoms with van der Waals surface area (Å²) in [7, 11) is -0.688. The molecule has 2 heterocycles. The molecule has 3 aromatic rings. The molecular weight excluding hydrogens is 381 g/mol. The predicted octanol–water partition coefficient (Wildman–Crippen LogP) is 2.42. The minimum atomic E-state index is -4.03. The number of rotatable bonds is 5. The van der Waals surface area contributed by atoms with Crippen molar-refractivity contribution >= 4 is 32.9 Å². The molecule has 0 amide bonds. The summed E-state index contributed by atoms with van der Waals surface area (Å²) >= 11 is 5.77. The summed E-state index contributed by atoms with van der Waals surface area (Å²) in [4.78, 5) is 4.23. The van der Waals surface area contributed by atoms with Crippen LogP contribution in [0.3, 0.4) is 0 Å². The Labute approximate surface area is 155 Å². The molecule has 0 unspecified atom stereocenters. The Kier molecular flexibility index (Phi) is 4.87. The molecule has 0 aliphatic rings. The lowest BCUT2D eigenvalue weighted by Crippen LogP contribution is -2.10. The molecule has 0 fully saturated rings. The smallest absolute Gasteiger partial charge is 0.214 e. The van der Waals surface area contributed by atoms with E-state index in [-0.39, 0.29) is 26.3 Å². The normalized spacial score (nSPS) is 11.9. The van der Waals surface area contributed by atoms with E-state index in [0.29, 0.717) is 12.2 Å². The number of nitrogens with one attached hydrogen (secondary N) is 2. The minimum Gasteiger partial charge on any atom is -0.370 e. The van der Waals surface area contributed by atoms with Gasteiger partial charge in [0.05, 0.1) is 15.6 Å². The maximum Gasteiger partial charge on any atom is 0.214 e. The first kappa shape index (κ1) is 18.6. The van der Waals surface area contributed by atoms with Crippen molar-refractivity contribution < 1.29 is 12.8 Å². The zero-order valence-electron chi connectivity index (χ0n) is 14.3. The van der Waals surface area contributed by atoms with E-state index in [0.717, 1.165) is 17.8 Å². The lowest BCUT2D eigenvalue weighted by atomic mass is 10.3. The molecule has 0 saturated carbocycles. The molecule has 0 atom stereocenters. The highest BCUT2D eigenvalue weighted by Crippen LogP contribution is 2.32. The van der Waals surface area contributed by atoms with Gasteiger partial charge in [-0.1, -0.05) is 11.6 Å². The topological polar surface area (TPSA) is 88.4 Å². The van der Waals surface area contributed by atoms with Crippen molar-refractivity contribution in [2.75, 3.05) is 19.4 Å². The van der Waals surface area contributed by atoms with E-state index in [1.807, 2.05) is 13.0 Å². The zero-order chi connectivity index (χ0) is 19.1. The van der Waals surface area contributed by atoms with Gasteiger partial charge in [0.25, 0.3) is 0 Å². The molecule has 1 aromatic carbocycles. The third-order valence-electron chi connectivity index (χ3n) is 3.84. The maximum atomic E-state index is 13.4. The van der Waals surface area contributed by atoms with E-state index in [1.54, 1.807) is 14.1 Å². The number of halogens is 2. The fraction of sp³-hybridized carbons (Fsp3) is 0.250. The van der Waals surface area contributed by atoms with Gasteiger partial charge in [-0.3, -0.25) is 0 Å². The number of benzene rings is 1. The van der Waals surface area contributed by atoms with Crippen LogP contribution in [0, 0.1) is 12.7 Å². The molecule has 2 aromatic heterocycles. The second-order valence-electron chi connectivity index (χ2n) is 5.66. The molecule has 0 aliphatic heterocycles. The van der Waals surface area contributed by atoms with E-state index in [1.165, 1.54) is 10.6 Å². The third-order valence-corrected chi connectivity index (χ3v) is 5.92. The molecule has 10 heteroatoms. The standard InChI is InChI=1S/C16H17ClFN5O2S/c1-9-6-10(8-19-2)21-16-14(15(20-3)22-23(9)16)26(24,25)11-4-5-13(18)12(17)7-11/h4-7,19H,8H2,1-3H3,(H,20,22). The molecule has 7 nitrogen and oxygen atoms in total. The first-order chi connectivity index (χ1) is 12.3. The Morgan fingerprint density at radius 1 is 1.27 bits per heavy atom. The van der Waals surface area contributed by atoms with Crippen LogP contribution in [0.2, 0.25) is 5.02 Å². The first-order valence-electron chi connectivity index (χ1n) is 7.71. The lowest BCUT2D eigenvalue weighted by molar-refractivity contribution is 0.595. The number of hydrogen-bond donors (Lipinski definition) is 2. The summed E-state index contributed by atoms with van der Waals surface area (Å²) in [6, 6.07) is 5.09. The molecule has 0 aliphatic carbocycles. The number of anilines is 1. The Balaban J connectivity index is 2.32. The van der Waals surface area contributed by atoms with Gasteiger partial charge in [-0.2, -0.15) is 0 Å². The van der Waals surface area contributed by atoms with Gasteiger partial charge in [0.2, 0.25) is 9.84 Å². The van der Waals surface area contributed by atoms with E-state index in [9.17, 15) is 12.8 Å². The van der Waals surface area contributed by atoms with Crippen LogP contribution in [0.25, 0.3) is 5.65 Å². The van der Waals surface area contributed by atoms with Crippen molar-refractivity contribution in [3.63, 3.8) is 0 Å². The largest absolute Gasteiger partial charge is 0.370 e. The summed E-state index contributed by atoms with van der Waals surface area (Å²) in [6.07, 6.45) is 0. The molecule has 2 N–H and O–H groups in total. The van der Waals surface area contributed by atoms with Crippen molar-refractivity contribution in [1.82, 2.24) is 19.9 Å². The fourth-order valence-electron chi connectivity index (χ4n) is 2.65. The number of nitrogens with zero attached hydrogens (tertiary/aromatic N) is 3. The van der Waals surface area contributed by atoms with Gasteiger partial charge in [-0.25, -0.2) is 22.3 Å². The van der Waals surface area contributed by atoms with Crippen LogP contribution in [-0.4, -0.2) is 37.1 Å². The van der Waals surface area contributed by atoms with Crippen molar-refractivity contribution in [3.8, 4) is 0 Å². The molecule has 0 saturated heterocycles. The predicted molar refractivity (Wildman–Crippen MR) is 96.9 cm³/mol. The van der Waals surface area contributed by atoms with Crippen molar-refractivity contribution in [1.29, 1.82) is 0 Å². The third kappa shape index (κ3) is 3.02. The van der Waals surface area contributed by atoms with Crippen LogP contribution in [0.1, 0.15) is 11.4 Å². The van der Waals surface area contributed by atoms with Gasteiger partial charge in [0.15, 0.2) is 16.4 Å². The van der Waals surface area contributed by atoms with Crippen LogP contribution >= 0.6 is 11.6 Å². The van der Waals surface area contributed by atoms with Gasteiger partial charge in [0.1, 0.15) is 5.82 Å². The number of fused-ring (bicyclic) bond motifs is 1. The Morgan fingerprint density at radius 2 is 2.00 bits per heavy atom. The van der Waals surface area contributed by atoms with Crippen LogP contribution < -0.4 is 10.6 Å². The summed E-state index contributed by atoms with van der Waals surface area (Å²) in [5.74, 6) is -0.535. The fourth-order valence-corrected chi connectivity index (χ4v) is 4.43. The average molecular weight is 398 g/mol. The number of sulfone groups is 1. The Hall–Kier alpha value is -2.23. The molecule has 138 valence electrons. The number of hydrogen-bond acceptors (Lipinski definition) is 6. The van der Waals surface area contributed by atoms with E-state index < -0.39 is 15.7 Å². The van der Waals surface area contributed by atoms with Crippen molar-refractivity contribution in [3.05, 3.63) is 46.5 Å². The van der Waals surface area contributed by atoms with Gasteiger partial charge < -0.3 is 10.6 Å². The van der Waals surface area contributed by atoms with Crippen LogP contribution in [0.4, 0.5) is 10.2 Å². The second-order valence-corrected chi connectivity index (χ2v) is 7.96. The lowest BCUT2D eigenvalue weighted by Gasteiger charge is -2.07. The van der Waals surface area contributed by atoms with Crippen LogP contribution in [0.5, 0.6) is 0 Å². The quantitative estimate of drug-likeness (QED) is 0.643. The zero-order valence-corrected chi connectivity index (χ0v) is 15.9. The summed E-state index contributed by atoms with van der Waals surface area (Å²) < 4.78 is 41.3. The van der Waals surface area contributed by atoms with Gasteiger partial charge >= 0.3 is 0 Å². The highest BCUT2D eigenvalue weighted by Gasteiger charge is 2.29. The Bertz CT molecular complexity index is 1100. The number of aromatic nitrogens is 3. The summed E-state index contributed by atoms with van der Waals surface area (Å²) in [5.41, 5.74) is 1.60. The molecule has 0 spiro atoms. The SMILES string of the molecule is CNCc1cc(C)n2nc(NC)c(S(=O)(=O)c3ccc(F)c(Cl)c3)c2n1. The highest BCUT2D eigenvalue weighted by atomic mass is 35.5. The van der Waals surface area contributed by atoms with Crippen LogP contribution in [0.15, 0.2) is 34.1 Å². The van der Waals surface area contributed by atoms with Gasteiger partial charge in [0, 0.05) is 19.3 Å². The van der Waals surface area contributed by atoms with E-state index in [4.69, 9.17) is 11.6 Å². The first-order valence-corrected chi connectivity index (χ1v) is 9.57. The molecule has 0 radical (unpaired) electrons. The van der Waals surface area contributed by atoms with Crippen molar-refractivity contribution in [2.24, 2.45) is 0 Å². The van der Waals surface area contributed by atoms with Gasteiger partial charge in [-0.05, 0) is 38.2 Å². The summed E-state index contributed by atoms with van der Waals surface area (Å²) in [5, 5.41) is 9.81. The second kappa shape index (κ2) is 6.82. The van der Waals surface area contributed by atoms with Crippen molar-refractivity contribution in [2.45, 2.75) is 23.3 Å². The molecule has 26 heavy (non-hydrogen) atoms. The summed E-state index contributed by atoms with van der Waals surface area (Å²) in [6.45, 7) is 2.28. The number of aryl methyl sites for hydroxylation is 1. The van der Waals surface area contributed by atoms with E-state index in [2.05, 4.69) is 20.7 Å². The van der Waals surface area contributed by atoms with Crippen LogP contribution in [-0.2, 0) is 16.4 Å². The molecule has 3 rings (SSSR count). The minimum absolute atomic E-state index is 0.0799. The van der Waals surface area contributed by atoms with E-state index >= 15 is 0 Å².